The highest BCUT2D eigenvalue weighted by Crippen LogP contribution is 2.37. The summed E-state index contributed by atoms with van der Waals surface area (Å²) in [6.07, 6.45) is 6.92. The van der Waals surface area contributed by atoms with Gasteiger partial charge >= 0.3 is 0 Å². The van der Waals surface area contributed by atoms with E-state index in [-0.39, 0.29) is 11.9 Å². The monoisotopic (exact) mass is 246 g/mol. The third-order valence-electron chi connectivity index (χ3n) is 4.12. The number of hydrogen-bond donors (Lipinski definition) is 2. The molecule has 18 heavy (non-hydrogen) atoms. The van der Waals surface area contributed by atoms with E-state index in [2.05, 4.69) is 20.6 Å². The first-order chi connectivity index (χ1) is 8.84. The van der Waals surface area contributed by atoms with Crippen LogP contribution in [-0.4, -0.2) is 28.5 Å². The lowest BCUT2D eigenvalue weighted by Gasteiger charge is -2.17. The molecule has 1 saturated heterocycles. The first-order valence-corrected chi connectivity index (χ1v) is 6.60. The van der Waals surface area contributed by atoms with E-state index in [1.807, 2.05) is 6.07 Å². The minimum absolute atomic E-state index is 0.000614. The summed E-state index contributed by atoms with van der Waals surface area (Å²) in [5, 5.41) is 6.31. The van der Waals surface area contributed by atoms with Gasteiger partial charge in [-0.25, -0.2) is 9.97 Å². The highest BCUT2D eigenvalue weighted by atomic mass is 16.2. The smallest absolute Gasteiger partial charge is 0.237 e. The third-order valence-corrected chi connectivity index (χ3v) is 4.12. The van der Waals surface area contributed by atoms with Crippen LogP contribution in [0.5, 0.6) is 0 Å². The fourth-order valence-electron chi connectivity index (χ4n) is 3.18. The molecular weight excluding hydrogens is 228 g/mol. The van der Waals surface area contributed by atoms with Crippen LogP contribution >= 0.6 is 0 Å². The summed E-state index contributed by atoms with van der Waals surface area (Å²) in [7, 11) is 0. The molecule has 1 aliphatic heterocycles. The molecule has 5 heteroatoms. The zero-order valence-electron chi connectivity index (χ0n) is 10.3. The Morgan fingerprint density at radius 2 is 2.44 bits per heavy atom. The van der Waals surface area contributed by atoms with Crippen molar-refractivity contribution in [1.29, 1.82) is 0 Å². The number of carbonyl (C=O) groups is 1. The van der Waals surface area contributed by atoms with Crippen LogP contribution < -0.4 is 10.6 Å². The Bertz CT molecular complexity index is 422. The second-order valence-corrected chi connectivity index (χ2v) is 5.16. The summed E-state index contributed by atoms with van der Waals surface area (Å²) in [4.78, 5) is 20.1. The molecule has 0 radical (unpaired) electrons. The van der Waals surface area contributed by atoms with Crippen molar-refractivity contribution < 1.29 is 4.79 Å². The highest BCUT2D eigenvalue weighted by Gasteiger charge is 2.42. The minimum atomic E-state index is -0.000614. The van der Waals surface area contributed by atoms with Crippen molar-refractivity contribution >= 4 is 5.91 Å². The standard InChI is InChI=1S/C13H18N4O/c18-13(16-7-10-4-5-14-8-17-10)12-11-3-1-2-9(11)6-15-12/h4-5,8-9,11-12,15H,1-3,6-7H2,(H,16,18). The fraction of sp³-hybridized carbons (Fsp3) is 0.615. The molecule has 3 atom stereocenters. The van der Waals surface area contributed by atoms with Crippen molar-refractivity contribution in [3.05, 3.63) is 24.3 Å². The summed E-state index contributed by atoms with van der Waals surface area (Å²) < 4.78 is 0. The lowest BCUT2D eigenvalue weighted by Crippen LogP contribution is -2.43. The Balaban J connectivity index is 1.56. The molecule has 0 aromatic carbocycles. The quantitative estimate of drug-likeness (QED) is 0.814. The van der Waals surface area contributed by atoms with E-state index >= 15 is 0 Å². The lowest BCUT2D eigenvalue weighted by molar-refractivity contribution is -0.123. The zero-order chi connectivity index (χ0) is 12.4. The van der Waals surface area contributed by atoms with Gasteiger partial charge < -0.3 is 10.6 Å². The first kappa shape index (κ1) is 11.6. The van der Waals surface area contributed by atoms with Crippen molar-refractivity contribution in [3.8, 4) is 0 Å². The van der Waals surface area contributed by atoms with Gasteiger partial charge in [0.1, 0.15) is 6.33 Å². The third kappa shape index (κ3) is 2.22. The fourth-order valence-corrected chi connectivity index (χ4v) is 3.18. The molecule has 96 valence electrons. The van der Waals surface area contributed by atoms with Crippen LogP contribution in [0.1, 0.15) is 25.0 Å². The summed E-state index contributed by atoms with van der Waals surface area (Å²) >= 11 is 0. The number of carbonyl (C=O) groups excluding carboxylic acids is 1. The molecule has 0 spiro atoms. The molecule has 2 N–H and O–H groups in total. The number of amides is 1. The minimum Gasteiger partial charge on any atom is -0.349 e. The van der Waals surface area contributed by atoms with Gasteiger partial charge in [-0.05, 0) is 37.3 Å². The van der Waals surface area contributed by atoms with Crippen LogP contribution in [0, 0.1) is 11.8 Å². The summed E-state index contributed by atoms with van der Waals surface area (Å²) in [5.74, 6) is 1.36. The van der Waals surface area contributed by atoms with Crippen LogP contribution in [-0.2, 0) is 11.3 Å². The molecule has 2 fully saturated rings. The van der Waals surface area contributed by atoms with E-state index in [0.717, 1.165) is 12.2 Å². The number of aromatic nitrogens is 2. The van der Waals surface area contributed by atoms with E-state index in [1.165, 1.54) is 25.6 Å². The maximum absolute atomic E-state index is 12.1. The lowest BCUT2D eigenvalue weighted by atomic mass is 9.93. The molecular formula is C13H18N4O. The first-order valence-electron chi connectivity index (χ1n) is 6.60. The van der Waals surface area contributed by atoms with Gasteiger partial charge in [0.15, 0.2) is 0 Å². The maximum atomic E-state index is 12.1. The van der Waals surface area contributed by atoms with Crippen molar-refractivity contribution in [2.75, 3.05) is 6.54 Å². The van der Waals surface area contributed by atoms with Gasteiger partial charge in [0.05, 0.1) is 18.3 Å². The SMILES string of the molecule is O=C(NCc1ccncn1)C1NCC2CCCC21. The number of nitrogens with zero attached hydrogens (tertiary/aromatic N) is 2. The molecule has 5 nitrogen and oxygen atoms in total. The van der Waals surface area contributed by atoms with Crippen molar-refractivity contribution in [3.63, 3.8) is 0 Å². The van der Waals surface area contributed by atoms with Crippen LogP contribution in [0.25, 0.3) is 0 Å². The Morgan fingerprint density at radius 3 is 3.28 bits per heavy atom. The molecule has 2 heterocycles. The molecule has 1 aromatic rings. The van der Waals surface area contributed by atoms with Crippen molar-refractivity contribution in [2.45, 2.75) is 31.8 Å². The zero-order valence-corrected chi connectivity index (χ0v) is 10.3. The average Bonchev–Trinajstić information content (AvgIpc) is 2.99. The largest absolute Gasteiger partial charge is 0.349 e. The van der Waals surface area contributed by atoms with Gasteiger partial charge in [-0.15, -0.1) is 0 Å². The van der Waals surface area contributed by atoms with Crippen molar-refractivity contribution in [2.24, 2.45) is 11.8 Å². The molecule has 0 bridgehead atoms. The highest BCUT2D eigenvalue weighted by molar-refractivity contribution is 5.82. The summed E-state index contributed by atoms with van der Waals surface area (Å²) in [5.41, 5.74) is 0.847. The topological polar surface area (TPSA) is 66.9 Å². The average molecular weight is 246 g/mol. The van der Waals surface area contributed by atoms with E-state index < -0.39 is 0 Å². The van der Waals surface area contributed by atoms with E-state index in [4.69, 9.17) is 0 Å². The molecule has 1 aromatic heterocycles. The maximum Gasteiger partial charge on any atom is 0.237 e. The number of hydrogen-bond acceptors (Lipinski definition) is 4. The second kappa shape index (κ2) is 5.02. The summed E-state index contributed by atoms with van der Waals surface area (Å²) in [6.45, 7) is 1.48. The Morgan fingerprint density at radius 1 is 1.50 bits per heavy atom. The van der Waals surface area contributed by atoms with Crippen LogP contribution in [0.3, 0.4) is 0 Å². The van der Waals surface area contributed by atoms with Gasteiger partial charge in [0.25, 0.3) is 0 Å². The molecule has 1 aliphatic carbocycles. The van der Waals surface area contributed by atoms with Gasteiger partial charge in [-0.3, -0.25) is 4.79 Å². The Labute approximate surface area is 106 Å². The molecule has 1 amide bonds. The number of fused-ring (bicyclic) bond motifs is 1. The second-order valence-electron chi connectivity index (χ2n) is 5.16. The van der Waals surface area contributed by atoms with Crippen molar-refractivity contribution in [1.82, 2.24) is 20.6 Å². The molecule has 3 rings (SSSR count). The van der Waals surface area contributed by atoms with E-state index in [1.54, 1.807) is 6.20 Å². The van der Waals surface area contributed by atoms with E-state index in [0.29, 0.717) is 18.4 Å². The number of rotatable bonds is 3. The van der Waals surface area contributed by atoms with Crippen LogP contribution in [0.4, 0.5) is 0 Å². The van der Waals surface area contributed by atoms with Crippen LogP contribution in [0.2, 0.25) is 0 Å². The molecule has 3 unspecified atom stereocenters. The van der Waals surface area contributed by atoms with E-state index in [9.17, 15) is 4.79 Å². The predicted octanol–water partition coefficient (Wildman–Crippen LogP) is 0.481. The molecule has 1 saturated carbocycles. The van der Waals surface area contributed by atoms with Gasteiger partial charge in [0.2, 0.25) is 5.91 Å². The Kier molecular flexibility index (Phi) is 3.23. The molecule has 2 aliphatic rings. The predicted molar refractivity (Wildman–Crippen MR) is 66.5 cm³/mol. The summed E-state index contributed by atoms with van der Waals surface area (Å²) in [6, 6.07) is 1.82. The van der Waals surface area contributed by atoms with Gasteiger partial charge in [-0.1, -0.05) is 6.42 Å². The van der Waals surface area contributed by atoms with Gasteiger partial charge in [-0.2, -0.15) is 0 Å². The normalized spacial score (nSPS) is 30.1. The van der Waals surface area contributed by atoms with Crippen LogP contribution in [0.15, 0.2) is 18.6 Å². The number of nitrogens with one attached hydrogen (secondary N) is 2. The van der Waals surface area contributed by atoms with Gasteiger partial charge in [0, 0.05) is 6.20 Å². The Hall–Kier alpha value is -1.49.